The van der Waals surface area contributed by atoms with E-state index in [0.717, 1.165) is 11.3 Å². The molecule has 0 saturated carbocycles. The van der Waals surface area contributed by atoms with E-state index in [1.165, 1.54) is 12.5 Å². The Balaban J connectivity index is 1.70. The molecule has 1 aromatic heterocycles. The van der Waals surface area contributed by atoms with Gasteiger partial charge in [-0.3, -0.25) is 0 Å². The fourth-order valence-corrected chi connectivity index (χ4v) is 2.01. The number of aromatic hydroxyl groups is 1. The minimum absolute atomic E-state index is 0.316. The lowest BCUT2D eigenvalue weighted by Gasteiger charge is -2.09. The number of phenolic OH excluding ortho intramolecular Hbond substituents is 1. The fraction of sp³-hybridized carbons (Fsp3) is 0.0625. The van der Waals surface area contributed by atoms with Gasteiger partial charge in [-0.25, -0.2) is 9.37 Å². The Kier molecular flexibility index (Phi) is 3.55. The lowest BCUT2D eigenvalue weighted by Crippen LogP contribution is -2.00. The topological polar surface area (TPSA) is 58.3 Å². The molecule has 0 amide bonds. The van der Waals surface area contributed by atoms with Crippen LogP contribution >= 0.6 is 0 Å². The number of nitrogens with zero attached hydrogens (tertiary/aromatic N) is 1. The quantitative estimate of drug-likeness (QED) is 0.765. The van der Waals surface area contributed by atoms with Crippen LogP contribution in [0.5, 0.6) is 5.75 Å². The molecule has 0 unspecified atom stereocenters. The van der Waals surface area contributed by atoms with Crippen LogP contribution in [0.2, 0.25) is 0 Å². The van der Waals surface area contributed by atoms with Crippen LogP contribution in [-0.2, 0) is 6.54 Å². The van der Waals surface area contributed by atoms with E-state index in [-0.39, 0.29) is 5.75 Å². The van der Waals surface area contributed by atoms with E-state index in [0.29, 0.717) is 17.9 Å². The van der Waals surface area contributed by atoms with Crippen molar-refractivity contribution >= 4 is 5.69 Å². The summed E-state index contributed by atoms with van der Waals surface area (Å²) in [7, 11) is 0. The van der Waals surface area contributed by atoms with E-state index >= 15 is 0 Å². The molecular formula is C16H13FN2O2. The SMILES string of the molecule is Oc1c(F)cccc1CNc1ccc(-c2cnco2)cc1. The third-order valence-electron chi connectivity index (χ3n) is 3.16. The van der Waals surface area contributed by atoms with Crippen molar-refractivity contribution < 1.29 is 13.9 Å². The maximum atomic E-state index is 13.2. The Bertz CT molecular complexity index is 725. The van der Waals surface area contributed by atoms with E-state index in [4.69, 9.17) is 4.42 Å². The van der Waals surface area contributed by atoms with Gasteiger partial charge in [0.2, 0.25) is 0 Å². The molecule has 0 radical (unpaired) electrons. The standard InChI is InChI=1S/C16H13FN2O2/c17-14-3-1-2-12(16(14)20)8-19-13-6-4-11(5-7-13)15-9-18-10-21-15/h1-7,9-10,19-20H,8H2. The third-order valence-corrected chi connectivity index (χ3v) is 3.16. The Hall–Kier alpha value is -2.82. The molecule has 4 nitrogen and oxygen atoms in total. The molecule has 3 rings (SSSR count). The van der Waals surface area contributed by atoms with E-state index < -0.39 is 5.82 Å². The van der Waals surface area contributed by atoms with Crippen LogP contribution < -0.4 is 5.32 Å². The average Bonchev–Trinajstić information content (AvgIpc) is 3.04. The van der Waals surface area contributed by atoms with Crippen molar-refractivity contribution in [2.24, 2.45) is 0 Å². The van der Waals surface area contributed by atoms with Crippen LogP contribution in [0.4, 0.5) is 10.1 Å². The largest absolute Gasteiger partial charge is 0.505 e. The zero-order valence-electron chi connectivity index (χ0n) is 11.1. The summed E-state index contributed by atoms with van der Waals surface area (Å²) < 4.78 is 18.4. The van der Waals surface area contributed by atoms with Crippen molar-refractivity contribution in [3.05, 3.63) is 66.4 Å². The summed E-state index contributed by atoms with van der Waals surface area (Å²) in [5, 5.41) is 12.7. The smallest absolute Gasteiger partial charge is 0.181 e. The van der Waals surface area contributed by atoms with Gasteiger partial charge in [0.1, 0.15) is 0 Å². The Morgan fingerprint density at radius 2 is 1.95 bits per heavy atom. The minimum Gasteiger partial charge on any atom is -0.505 e. The van der Waals surface area contributed by atoms with Gasteiger partial charge in [0.25, 0.3) is 0 Å². The van der Waals surface area contributed by atoms with Crippen molar-refractivity contribution in [1.82, 2.24) is 4.98 Å². The highest BCUT2D eigenvalue weighted by Gasteiger charge is 2.06. The van der Waals surface area contributed by atoms with Crippen LogP contribution in [0, 0.1) is 5.82 Å². The zero-order valence-corrected chi connectivity index (χ0v) is 11.1. The number of halogens is 1. The number of rotatable bonds is 4. The van der Waals surface area contributed by atoms with Gasteiger partial charge in [-0.1, -0.05) is 12.1 Å². The Labute approximate surface area is 120 Å². The zero-order chi connectivity index (χ0) is 14.7. The average molecular weight is 284 g/mol. The Morgan fingerprint density at radius 1 is 1.14 bits per heavy atom. The van der Waals surface area contributed by atoms with E-state index in [1.807, 2.05) is 24.3 Å². The number of hydrogen-bond donors (Lipinski definition) is 2. The van der Waals surface area contributed by atoms with Crippen LogP contribution in [0.25, 0.3) is 11.3 Å². The first-order valence-electron chi connectivity index (χ1n) is 6.43. The summed E-state index contributed by atoms with van der Waals surface area (Å²) in [6, 6.07) is 12.0. The molecule has 0 aliphatic heterocycles. The maximum absolute atomic E-state index is 13.2. The normalized spacial score (nSPS) is 10.5. The summed E-state index contributed by atoms with van der Waals surface area (Å²) in [6.07, 6.45) is 3.03. The number of phenols is 1. The van der Waals surface area contributed by atoms with Gasteiger partial charge in [-0.15, -0.1) is 0 Å². The minimum atomic E-state index is -0.616. The number of hydrogen-bond acceptors (Lipinski definition) is 4. The number of aromatic nitrogens is 1. The number of para-hydroxylation sites is 1. The van der Waals surface area contributed by atoms with Crippen LogP contribution in [0.15, 0.2) is 59.5 Å². The van der Waals surface area contributed by atoms with E-state index in [9.17, 15) is 9.50 Å². The van der Waals surface area contributed by atoms with Crippen molar-refractivity contribution in [3.8, 4) is 17.1 Å². The number of anilines is 1. The molecule has 0 atom stereocenters. The summed E-state index contributed by atoms with van der Waals surface area (Å²) in [5.74, 6) is -0.234. The van der Waals surface area contributed by atoms with Crippen LogP contribution in [-0.4, -0.2) is 10.1 Å². The van der Waals surface area contributed by atoms with Crippen molar-refractivity contribution in [3.63, 3.8) is 0 Å². The Morgan fingerprint density at radius 3 is 2.67 bits per heavy atom. The summed E-state index contributed by atoms with van der Waals surface area (Å²) in [4.78, 5) is 3.87. The van der Waals surface area contributed by atoms with Crippen LogP contribution in [0.1, 0.15) is 5.56 Å². The second-order valence-electron chi connectivity index (χ2n) is 4.54. The van der Waals surface area contributed by atoms with Crippen LogP contribution in [0.3, 0.4) is 0 Å². The van der Waals surface area contributed by atoms with Crippen molar-refractivity contribution in [1.29, 1.82) is 0 Å². The highest BCUT2D eigenvalue weighted by molar-refractivity contribution is 5.60. The molecule has 0 saturated heterocycles. The molecule has 5 heteroatoms. The first kappa shape index (κ1) is 13.2. The van der Waals surface area contributed by atoms with Gasteiger partial charge in [0, 0.05) is 23.4 Å². The molecule has 2 aromatic carbocycles. The summed E-state index contributed by atoms with van der Waals surface area (Å²) in [6.45, 7) is 0.339. The third kappa shape index (κ3) is 2.86. The predicted molar refractivity (Wildman–Crippen MR) is 77.3 cm³/mol. The monoisotopic (exact) mass is 284 g/mol. The first-order valence-corrected chi connectivity index (χ1v) is 6.43. The second-order valence-corrected chi connectivity index (χ2v) is 4.54. The van der Waals surface area contributed by atoms with Gasteiger partial charge >= 0.3 is 0 Å². The molecule has 0 fully saturated rings. The van der Waals surface area contributed by atoms with E-state index in [1.54, 1.807) is 18.3 Å². The molecule has 2 N–H and O–H groups in total. The van der Waals surface area contributed by atoms with Crippen molar-refractivity contribution in [2.45, 2.75) is 6.54 Å². The van der Waals surface area contributed by atoms with Gasteiger partial charge in [0.15, 0.2) is 23.7 Å². The highest BCUT2D eigenvalue weighted by atomic mass is 19.1. The predicted octanol–water partition coefficient (Wildman–Crippen LogP) is 3.80. The maximum Gasteiger partial charge on any atom is 0.181 e. The number of benzene rings is 2. The molecule has 0 aliphatic rings. The van der Waals surface area contributed by atoms with Gasteiger partial charge in [-0.2, -0.15) is 0 Å². The number of oxazole rings is 1. The molecule has 0 bridgehead atoms. The molecule has 3 aromatic rings. The second kappa shape index (κ2) is 5.66. The first-order chi connectivity index (χ1) is 10.2. The molecule has 21 heavy (non-hydrogen) atoms. The van der Waals surface area contributed by atoms with Gasteiger partial charge in [-0.05, 0) is 30.3 Å². The molecule has 0 aliphatic carbocycles. The molecule has 1 heterocycles. The molecule has 0 spiro atoms. The van der Waals surface area contributed by atoms with E-state index in [2.05, 4.69) is 10.3 Å². The van der Waals surface area contributed by atoms with Gasteiger partial charge in [0.05, 0.1) is 6.20 Å². The van der Waals surface area contributed by atoms with Crippen molar-refractivity contribution in [2.75, 3.05) is 5.32 Å². The summed E-state index contributed by atoms with van der Waals surface area (Å²) >= 11 is 0. The fourth-order valence-electron chi connectivity index (χ4n) is 2.01. The summed E-state index contributed by atoms with van der Waals surface area (Å²) in [5.41, 5.74) is 2.29. The molecule has 106 valence electrons. The molecular weight excluding hydrogens is 271 g/mol. The lowest BCUT2D eigenvalue weighted by atomic mass is 10.1. The van der Waals surface area contributed by atoms with Gasteiger partial charge < -0.3 is 14.8 Å². The highest BCUT2D eigenvalue weighted by Crippen LogP contribution is 2.23. The number of nitrogens with one attached hydrogen (secondary N) is 1. The lowest BCUT2D eigenvalue weighted by molar-refractivity contribution is 0.427.